The molecule has 3 heterocycles. The fraction of sp³-hybridized carbons (Fsp3) is 0.615. The third kappa shape index (κ3) is 2.08. The number of aryl methyl sites for hydroxylation is 1. The Labute approximate surface area is 123 Å². The second kappa shape index (κ2) is 4.82. The zero-order valence-electron chi connectivity index (χ0n) is 11.6. The second-order valence-electron chi connectivity index (χ2n) is 5.52. The van der Waals surface area contributed by atoms with Gasteiger partial charge in [0.05, 0.1) is 0 Å². The van der Waals surface area contributed by atoms with Crippen molar-refractivity contribution in [1.29, 1.82) is 0 Å². The number of carbonyl (C=O) groups is 1. The summed E-state index contributed by atoms with van der Waals surface area (Å²) in [5.41, 5.74) is 0.937. The maximum atomic E-state index is 12.7. The van der Waals surface area contributed by atoms with Crippen molar-refractivity contribution in [2.45, 2.75) is 43.0 Å². The lowest BCUT2D eigenvalue weighted by Gasteiger charge is -2.40. The van der Waals surface area contributed by atoms with Gasteiger partial charge < -0.3 is 4.90 Å². The molecule has 20 heavy (non-hydrogen) atoms. The summed E-state index contributed by atoms with van der Waals surface area (Å²) in [6.45, 7) is 4.75. The number of fused-ring (bicyclic) bond motifs is 1. The summed E-state index contributed by atoms with van der Waals surface area (Å²) in [6, 6.07) is 1.13. The molecular weight excluding hydrogens is 296 g/mol. The van der Waals surface area contributed by atoms with Gasteiger partial charge in [0.1, 0.15) is 10.3 Å². The maximum Gasteiger partial charge on any atom is 0.253 e. The molecule has 0 bridgehead atoms. The molecule has 0 saturated carbocycles. The molecule has 1 aromatic heterocycles. The van der Waals surface area contributed by atoms with Gasteiger partial charge >= 0.3 is 0 Å². The molecule has 2 aliphatic heterocycles. The van der Waals surface area contributed by atoms with Crippen LogP contribution in [0.2, 0.25) is 0 Å². The summed E-state index contributed by atoms with van der Waals surface area (Å²) >= 11 is 1.22. The molecule has 2 unspecified atom stereocenters. The van der Waals surface area contributed by atoms with Crippen molar-refractivity contribution in [1.82, 2.24) is 9.21 Å². The van der Waals surface area contributed by atoms with E-state index in [2.05, 4.69) is 0 Å². The summed E-state index contributed by atoms with van der Waals surface area (Å²) in [4.78, 5) is 14.2. The highest BCUT2D eigenvalue weighted by Crippen LogP contribution is 2.31. The second-order valence-corrected chi connectivity index (χ2v) is 8.55. The third-order valence-corrected chi connectivity index (χ3v) is 7.58. The smallest absolute Gasteiger partial charge is 0.253 e. The predicted octanol–water partition coefficient (Wildman–Crippen LogP) is 1.44. The van der Waals surface area contributed by atoms with Crippen LogP contribution in [0.4, 0.5) is 0 Å². The monoisotopic (exact) mass is 314 g/mol. The highest BCUT2D eigenvalue weighted by atomic mass is 32.2. The van der Waals surface area contributed by atoms with Gasteiger partial charge in [-0.15, -0.1) is 11.3 Å². The van der Waals surface area contributed by atoms with Crippen LogP contribution in [0.25, 0.3) is 0 Å². The van der Waals surface area contributed by atoms with Crippen LogP contribution in [0, 0.1) is 6.92 Å². The third-order valence-electron chi connectivity index (χ3n) is 4.11. The number of hydrogen-bond donors (Lipinski definition) is 0. The minimum absolute atomic E-state index is 0.0505. The van der Waals surface area contributed by atoms with Crippen LogP contribution in [0.5, 0.6) is 0 Å². The molecule has 2 saturated heterocycles. The molecule has 1 aromatic rings. The topological polar surface area (TPSA) is 57.7 Å². The first-order chi connectivity index (χ1) is 9.41. The summed E-state index contributed by atoms with van der Waals surface area (Å²) in [6.07, 6.45) is 1.86. The van der Waals surface area contributed by atoms with Gasteiger partial charge in [0.2, 0.25) is 5.91 Å². The highest BCUT2D eigenvalue weighted by Gasteiger charge is 2.45. The molecule has 2 aliphatic rings. The minimum Gasteiger partial charge on any atom is -0.337 e. The minimum atomic E-state index is -3.56. The molecule has 2 fully saturated rings. The number of nitrogens with zero attached hydrogens (tertiary/aromatic N) is 2. The van der Waals surface area contributed by atoms with Gasteiger partial charge in [0.15, 0.2) is 0 Å². The molecule has 5 nitrogen and oxygen atoms in total. The zero-order valence-corrected chi connectivity index (χ0v) is 13.2. The van der Waals surface area contributed by atoms with Gasteiger partial charge in [-0.2, -0.15) is 4.31 Å². The van der Waals surface area contributed by atoms with Crippen molar-refractivity contribution < 1.29 is 13.2 Å². The lowest BCUT2D eigenvalue weighted by Crippen LogP contribution is -2.59. The number of sulfonamides is 1. The van der Waals surface area contributed by atoms with Crippen molar-refractivity contribution in [3.8, 4) is 0 Å². The molecule has 7 heteroatoms. The number of thiophene rings is 1. The summed E-state index contributed by atoms with van der Waals surface area (Å²) in [7, 11) is -3.56. The molecule has 0 N–H and O–H groups in total. The Hall–Kier alpha value is -0.920. The SMILES string of the molecule is Cc1csc(S(=O)(=O)N2CC3CCCN3C(=O)C2C)c1. The maximum absolute atomic E-state index is 12.7. The van der Waals surface area contributed by atoms with Crippen molar-refractivity contribution in [2.24, 2.45) is 0 Å². The quantitative estimate of drug-likeness (QED) is 0.830. The number of carbonyl (C=O) groups excluding carboxylic acids is 1. The van der Waals surface area contributed by atoms with Crippen LogP contribution in [0.1, 0.15) is 25.3 Å². The molecule has 0 aromatic carbocycles. The Bertz CT molecular complexity index is 638. The Morgan fingerprint density at radius 2 is 2.15 bits per heavy atom. The van der Waals surface area contributed by atoms with Crippen LogP contribution in [-0.2, 0) is 14.8 Å². The average molecular weight is 314 g/mol. The van der Waals surface area contributed by atoms with E-state index in [4.69, 9.17) is 0 Å². The average Bonchev–Trinajstić information content (AvgIpc) is 3.02. The van der Waals surface area contributed by atoms with Crippen molar-refractivity contribution >= 4 is 27.3 Å². The first kappa shape index (κ1) is 14.0. The predicted molar refractivity (Wildman–Crippen MR) is 77.1 cm³/mol. The number of rotatable bonds is 2. The lowest BCUT2D eigenvalue weighted by atomic mass is 10.1. The van der Waals surface area contributed by atoms with E-state index in [1.807, 2.05) is 17.2 Å². The highest BCUT2D eigenvalue weighted by molar-refractivity contribution is 7.91. The first-order valence-corrected chi connectivity index (χ1v) is 9.10. The summed E-state index contributed by atoms with van der Waals surface area (Å²) < 4.78 is 27.1. The van der Waals surface area contributed by atoms with E-state index in [0.29, 0.717) is 10.8 Å². The van der Waals surface area contributed by atoms with E-state index in [1.165, 1.54) is 15.6 Å². The fourth-order valence-corrected chi connectivity index (χ4v) is 5.99. The van der Waals surface area contributed by atoms with Crippen LogP contribution in [-0.4, -0.2) is 48.7 Å². The molecule has 110 valence electrons. The number of amides is 1. The van der Waals surface area contributed by atoms with E-state index < -0.39 is 16.1 Å². The van der Waals surface area contributed by atoms with Gasteiger partial charge in [-0.25, -0.2) is 8.42 Å². The van der Waals surface area contributed by atoms with Gasteiger partial charge in [-0.1, -0.05) is 0 Å². The van der Waals surface area contributed by atoms with Crippen LogP contribution in [0.15, 0.2) is 15.7 Å². The first-order valence-electron chi connectivity index (χ1n) is 6.78. The van der Waals surface area contributed by atoms with Crippen LogP contribution < -0.4 is 0 Å². The Balaban J connectivity index is 1.95. The van der Waals surface area contributed by atoms with Crippen molar-refractivity contribution in [2.75, 3.05) is 13.1 Å². The van der Waals surface area contributed by atoms with E-state index >= 15 is 0 Å². The van der Waals surface area contributed by atoms with E-state index in [1.54, 1.807) is 13.0 Å². The molecule has 3 rings (SSSR count). The van der Waals surface area contributed by atoms with E-state index in [0.717, 1.165) is 24.9 Å². The molecule has 1 amide bonds. The largest absolute Gasteiger partial charge is 0.337 e. The molecular formula is C13H18N2O3S2. The van der Waals surface area contributed by atoms with Crippen molar-refractivity contribution in [3.05, 3.63) is 17.0 Å². The molecule has 2 atom stereocenters. The van der Waals surface area contributed by atoms with Gasteiger partial charge in [0, 0.05) is 19.1 Å². The van der Waals surface area contributed by atoms with Crippen molar-refractivity contribution in [3.63, 3.8) is 0 Å². The standard InChI is InChI=1S/C13H18N2O3S2/c1-9-6-12(19-8-9)20(17,18)15-7-11-4-3-5-14(11)13(16)10(15)2/h6,8,10-11H,3-5,7H2,1-2H3. The number of hydrogen-bond acceptors (Lipinski definition) is 4. The van der Waals surface area contributed by atoms with Crippen LogP contribution >= 0.6 is 11.3 Å². The number of piperazine rings is 1. The van der Waals surface area contributed by atoms with Gasteiger partial charge in [0.25, 0.3) is 10.0 Å². The molecule has 0 aliphatic carbocycles. The van der Waals surface area contributed by atoms with Gasteiger partial charge in [-0.05, 0) is 43.7 Å². The zero-order chi connectivity index (χ0) is 14.5. The Kier molecular flexibility index (Phi) is 3.38. The normalized spacial score (nSPS) is 27.9. The summed E-state index contributed by atoms with van der Waals surface area (Å²) in [5, 5.41) is 1.82. The van der Waals surface area contributed by atoms with Gasteiger partial charge in [-0.3, -0.25) is 4.79 Å². The summed E-state index contributed by atoms with van der Waals surface area (Å²) in [5.74, 6) is -0.0596. The van der Waals surface area contributed by atoms with E-state index in [-0.39, 0.29) is 11.9 Å². The molecule has 0 radical (unpaired) electrons. The molecule has 0 spiro atoms. The fourth-order valence-electron chi connectivity index (χ4n) is 3.01. The van der Waals surface area contributed by atoms with E-state index in [9.17, 15) is 13.2 Å². The Morgan fingerprint density at radius 3 is 2.80 bits per heavy atom. The van der Waals surface area contributed by atoms with Crippen LogP contribution in [0.3, 0.4) is 0 Å². The Morgan fingerprint density at radius 1 is 1.40 bits per heavy atom. The lowest BCUT2D eigenvalue weighted by molar-refractivity contribution is -0.139.